The van der Waals surface area contributed by atoms with Gasteiger partial charge in [0.1, 0.15) is 11.4 Å². The third-order valence-corrected chi connectivity index (χ3v) is 2.94. The van der Waals surface area contributed by atoms with Gasteiger partial charge in [-0.1, -0.05) is 31.5 Å². The number of amides is 1. The number of carboxylic acids is 1. The number of aliphatic carboxylic acids is 1. The summed E-state index contributed by atoms with van der Waals surface area (Å²) < 4.78 is 13.3. The topological polar surface area (TPSA) is 66.4 Å². The summed E-state index contributed by atoms with van der Waals surface area (Å²) in [5, 5.41) is 11.6. The van der Waals surface area contributed by atoms with E-state index in [1.165, 1.54) is 25.1 Å². The maximum Gasteiger partial charge on any atom is 0.329 e. The number of halogens is 1. The molecular formula is C15H18FNO3. The van der Waals surface area contributed by atoms with E-state index in [0.717, 1.165) is 6.08 Å². The number of benzene rings is 1. The van der Waals surface area contributed by atoms with Crippen LogP contribution in [0.4, 0.5) is 4.39 Å². The lowest BCUT2D eigenvalue weighted by Crippen LogP contribution is -2.51. The zero-order valence-electron chi connectivity index (χ0n) is 11.5. The number of rotatable bonds is 6. The van der Waals surface area contributed by atoms with E-state index in [4.69, 9.17) is 5.11 Å². The van der Waals surface area contributed by atoms with Crippen LogP contribution in [-0.4, -0.2) is 22.5 Å². The van der Waals surface area contributed by atoms with Crippen LogP contribution in [0.15, 0.2) is 30.3 Å². The number of nitrogens with one attached hydrogen (secondary N) is 1. The fourth-order valence-electron chi connectivity index (χ4n) is 1.81. The molecule has 0 aliphatic carbocycles. The van der Waals surface area contributed by atoms with Crippen molar-refractivity contribution in [2.24, 2.45) is 0 Å². The van der Waals surface area contributed by atoms with Crippen molar-refractivity contribution in [2.45, 2.75) is 32.2 Å². The number of hydrogen-bond donors (Lipinski definition) is 2. The molecule has 0 radical (unpaired) electrons. The van der Waals surface area contributed by atoms with Gasteiger partial charge in [-0.05, 0) is 25.5 Å². The zero-order chi connectivity index (χ0) is 15.2. The van der Waals surface area contributed by atoms with Crippen LogP contribution in [-0.2, 0) is 9.59 Å². The van der Waals surface area contributed by atoms with Crippen molar-refractivity contribution in [1.82, 2.24) is 5.32 Å². The van der Waals surface area contributed by atoms with Gasteiger partial charge in [0, 0.05) is 11.6 Å². The standard InChI is InChI=1S/C15H18FNO3/c1-3-10-15(2,14(19)20)17-13(18)9-8-11-6-4-5-7-12(11)16/h4-9H,3,10H2,1-2H3,(H,17,18)(H,19,20)/b9-8+. The predicted octanol–water partition coefficient (Wildman–Crippen LogP) is 2.60. The minimum Gasteiger partial charge on any atom is -0.480 e. The van der Waals surface area contributed by atoms with E-state index in [2.05, 4.69) is 5.32 Å². The van der Waals surface area contributed by atoms with Gasteiger partial charge in [-0.3, -0.25) is 4.79 Å². The zero-order valence-corrected chi connectivity index (χ0v) is 11.5. The number of hydrogen-bond acceptors (Lipinski definition) is 2. The van der Waals surface area contributed by atoms with Crippen LogP contribution in [0.3, 0.4) is 0 Å². The van der Waals surface area contributed by atoms with Gasteiger partial charge in [-0.2, -0.15) is 0 Å². The Bertz CT molecular complexity index is 528. The lowest BCUT2D eigenvalue weighted by atomic mass is 9.96. The molecule has 1 atom stereocenters. The van der Waals surface area contributed by atoms with Gasteiger partial charge < -0.3 is 10.4 Å². The van der Waals surface area contributed by atoms with Gasteiger partial charge in [-0.25, -0.2) is 9.18 Å². The first-order valence-electron chi connectivity index (χ1n) is 6.37. The molecular weight excluding hydrogens is 261 g/mol. The van der Waals surface area contributed by atoms with Gasteiger partial charge in [0.2, 0.25) is 5.91 Å². The molecule has 108 valence electrons. The first kappa shape index (κ1) is 15.9. The van der Waals surface area contributed by atoms with Gasteiger partial charge in [0.25, 0.3) is 0 Å². The van der Waals surface area contributed by atoms with Crippen molar-refractivity contribution in [3.63, 3.8) is 0 Å². The largest absolute Gasteiger partial charge is 0.480 e. The molecule has 1 amide bonds. The molecule has 1 aromatic carbocycles. The molecule has 0 heterocycles. The summed E-state index contributed by atoms with van der Waals surface area (Å²) in [6.07, 6.45) is 3.40. The third kappa shape index (κ3) is 4.19. The highest BCUT2D eigenvalue weighted by Gasteiger charge is 2.33. The van der Waals surface area contributed by atoms with Crippen molar-refractivity contribution in [1.29, 1.82) is 0 Å². The molecule has 0 spiro atoms. The Hall–Kier alpha value is -2.17. The molecule has 0 fully saturated rings. The summed E-state index contributed by atoms with van der Waals surface area (Å²) >= 11 is 0. The smallest absolute Gasteiger partial charge is 0.329 e. The van der Waals surface area contributed by atoms with E-state index in [1.54, 1.807) is 12.1 Å². The Morgan fingerprint density at radius 3 is 2.60 bits per heavy atom. The van der Waals surface area contributed by atoms with E-state index in [9.17, 15) is 14.0 Å². The van der Waals surface area contributed by atoms with Crippen LogP contribution < -0.4 is 5.32 Å². The quantitative estimate of drug-likeness (QED) is 0.787. The molecule has 0 aliphatic rings. The van der Waals surface area contributed by atoms with Crippen LogP contribution >= 0.6 is 0 Å². The van der Waals surface area contributed by atoms with Crippen LogP contribution in [0.1, 0.15) is 32.3 Å². The van der Waals surface area contributed by atoms with Crippen LogP contribution in [0.5, 0.6) is 0 Å². The molecule has 0 saturated carbocycles. The summed E-state index contributed by atoms with van der Waals surface area (Å²) in [4.78, 5) is 22.9. The van der Waals surface area contributed by atoms with Gasteiger partial charge in [-0.15, -0.1) is 0 Å². The summed E-state index contributed by atoms with van der Waals surface area (Å²) in [7, 11) is 0. The van der Waals surface area contributed by atoms with Gasteiger partial charge in [0.15, 0.2) is 0 Å². The highest BCUT2D eigenvalue weighted by atomic mass is 19.1. The van der Waals surface area contributed by atoms with Crippen molar-refractivity contribution in [3.8, 4) is 0 Å². The molecule has 1 aromatic rings. The molecule has 0 aromatic heterocycles. The van der Waals surface area contributed by atoms with Gasteiger partial charge >= 0.3 is 5.97 Å². The lowest BCUT2D eigenvalue weighted by molar-refractivity contribution is -0.146. The van der Waals surface area contributed by atoms with E-state index in [-0.39, 0.29) is 5.56 Å². The highest BCUT2D eigenvalue weighted by molar-refractivity contribution is 5.95. The first-order chi connectivity index (χ1) is 9.39. The number of carboxylic acid groups (broad SMARTS) is 1. The van der Waals surface area contributed by atoms with E-state index < -0.39 is 23.2 Å². The molecule has 0 saturated heterocycles. The van der Waals surface area contributed by atoms with Crippen LogP contribution in [0, 0.1) is 5.82 Å². The number of carbonyl (C=O) groups is 2. The summed E-state index contributed by atoms with van der Waals surface area (Å²) in [5.74, 6) is -2.09. The first-order valence-corrected chi connectivity index (χ1v) is 6.37. The van der Waals surface area contributed by atoms with Crippen molar-refractivity contribution in [3.05, 3.63) is 41.7 Å². The Balaban J connectivity index is 2.77. The average Bonchev–Trinajstić information content (AvgIpc) is 2.38. The van der Waals surface area contributed by atoms with Gasteiger partial charge in [0.05, 0.1) is 0 Å². The molecule has 1 rings (SSSR count). The predicted molar refractivity (Wildman–Crippen MR) is 74.5 cm³/mol. The molecule has 0 aliphatic heterocycles. The number of carbonyl (C=O) groups excluding carboxylic acids is 1. The highest BCUT2D eigenvalue weighted by Crippen LogP contribution is 2.13. The molecule has 4 nitrogen and oxygen atoms in total. The Morgan fingerprint density at radius 1 is 1.40 bits per heavy atom. The Morgan fingerprint density at radius 2 is 2.05 bits per heavy atom. The Labute approximate surface area is 117 Å². The molecule has 2 N–H and O–H groups in total. The van der Waals surface area contributed by atoms with E-state index >= 15 is 0 Å². The minimum absolute atomic E-state index is 0.273. The Kier molecular flexibility index (Phi) is 5.43. The second-order valence-electron chi connectivity index (χ2n) is 4.73. The molecule has 5 heteroatoms. The normalized spacial score (nSPS) is 13.9. The van der Waals surface area contributed by atoms with Crippen molar-refractivity contribution in [2.75, 3.05) is 0 Å². The molecule has 0 bridgehead atoms. The minimum atomic E-state index is -1.31. The maximum absolute atomic E-state index is 13.3. The fourth-order valence-corrected chi connectivity index (χ4v) is 1.81. The summed E-state index contributed by atoms with van der Waals surface area (Å²) in [6.45, 7) is 3.29. The summed E-state index contributed by atoms with van der Waals surface area (Å²) in [5.41, 5.74) is -1.04. The second-order valence-corrected chi connectivity index (χ2v) is 4.73. The van der Waals surface area contributed by atoms with Crippen molar-refractivity contribution >= 4 is 18.0 Å². The SMILES string of the molecule is CCCC(C)(NC(=O)/C=C/c1ccccc1F)C(=O)O. The van der Waals surface area contributed by atoms with E-state index in [1.807, 2.05) is 6.92 Å². The fraction of sp³-hybridized carbons (Fsp3) is 0.333. The monoisotopic (exact) mass is 279 g/mol. The summed E-state index contributed by atoms with van der Waals surface area (Å²) in [6, 6.07) is 6.02. The van der Waals surface area contributed by atoms with Crippen LogP contribution in [0.25, 0.3) is 6.08 Å². The van der Waals surface area contributed by atoms with Crippen LogP contribution in [0.2, 0.25) is 0 Å². The van der Waals surface area contributed by atoms with Crippen molar-refractivity contribution < 1.29 is 19.1 Å². The molecule has 20 heavy (non-hydrogen) atoms. The molecule has 1 unspecified atom stereocenters. The third-order valence-electron chi connectivity index (χ3n) is 2.94. The maximum atomic E-state index is 13.3. The lowest BCUT2D eigenvalue weighted by Gasteiger charge is -2.24. The average molecular weight is 279 g/mol. The second kappa shape index (κ2) is 6.84. The van der Waals surface area contributed by atoms with E-state index in [0.29, 0.717) is 12.8 Å².